The summed E-state index contributed by atoms with van der Waals surface area (Å²) in [7, 11) is 0. The van der Waals surface area contributed by atoms with Crippen LogP contribution in [0.25, 0.3) is 0 Å². The number of carboxylic acids is 1. The van der Waals surface area contributed by atoms with Crippen LogP contribution < -0.4 is 5.32 Å². The van der Waals surface area contributed by atoms with E-state index < -0.39 is 12.0 Å². The number of aliphatic carboxylic acids is 1. The van der Waals surface area contributed by atoms with Crippen molar-refractivity contribution in [2.75, 3.05) is 0 Å². The Kier molecular flexibility index (Phi) is 3.41. The molecule has 0 aliphatic heterocycles. The SMILES string of the molecule is O=C(O)C(NC(=O)C1CC12CCc1ccccc12)c1ccccc1. The van der Waals surface area contributed by atoms with Gasteiger partial charge in [0.15, 0.2) is 6.04 Å². The van der Waals surface area contributed by atoms with Crippen molar-refractivity contribution in [1.29, 1.82) is 0 Å². The average Bonchev–Trinajstić information content (AvgIpc) is 3.22. The van der Waals surface area contributed by atoms with E-state index in [1.807, 2.05) is 18.2 Å². The molecule has 0 aromatic heterocycles. The Morgan fingerprint density at radius 1 is 1.08 bits per heavy atom. The molecule has 4 nitrogen and oxygen atoms in total. The minimum atomic E-state index is -1.03. The number of nitrogens with one attached hydrogen (secondary N) is 1. The number of rotatable bonds is 4. The molecule has 2 aromatic rings. The fraction of sp³-hybridized carbons (Fsp3) is 0.300. The number of carbonyl (C=O) groups is 2. The molecule has 4 rings (SSSR count). The third kappa shape index (κ3) is 2.30. The predicted octanol–water partition coefficient (Wildman–Crippen LogP) is 2.83. The minimum absolute atomic E-state index is 0.0690. The van der Waals surface area contributed by atoms with Gasteiger partial charge in [0, 0.05) is 11.3 Å². The Bertz CT molecular complexity index is 802. The van der Waals surface area contributed by atoms with E-state index in [-0.39, 0.29) is 17.2 Å². The lowest BCUT2D eigenvalue weighted by atomic mass is 9.95. The van der Waals surface area contributed by atoms with Crippen LogP contribution in [0.1, 0.15) is 35.6 Å². The highest BCUT2D eigenvalue weighted by Crippen LogP contribution is 2.61. The second-order valence-electron chi connectivity index (χ2n) is 6.76. The standard InChI is InChI=1S/C20H19NO3/c22-18(21-17(19(23)24)14-7-2-1-3-8-14)16-12-20(16)11-10-13-6-4-5-9-15(13)20/h1-9,16-17H,10-12H2,(H,21,22)(H,23,24). The lowest BCUT2D eigenvalue weighted by molar-refractivity contribution is -0.142. The zero-order chi connectivity index (χ0) is 16.7. The third-order valence-corrected chi connectivity index (χ3v) is 5.45. The van der Waals surface area contributed by atoms with Gasteiger partial charge in [0.2, 0.25) is 5.91 Å². The summed E-state index contributed by atoms with van der Waals surface area (Å²) in [6, 6.07) is 16.1. The highest BCUT2D eigenvalue weighted by molar-refractivity contribution is 5.89. The summed E-state index contributed by atoms with van der Waals surface area (Å²) in [5.74, 6) is -1.30. The maximum absolute atomic E-state index is 12.7. The van der Waals surface area contributed by atoms with Gasteiger partial charge in [0.1, 0.15) is 0 Å². The summed E-state index contributed by atoms with van der Waals surface area (Å²) >= 11 is 0. The normalized spacial score (nSPS) is 25.1. The van der Waals surface area contributed by atoms with E-state index in [2.05, 4.69) is 17.4 Å². The van der Waals surface area contributed by atoms with E-state index in [4.69, 9.17) is 0 Å². The molecular formula is C20H19NO3. The van der Waals surface area contributed by atoms with Crippen molar-refractivity contribution in [2.24, 2.45) is 5.92 Å². The smallest absolute Gasteiger partial charge is 0.330 e. The third-order valence-electron chi connectivity index (χ3n) is 5.45. The van der Waals surface area contributed by atoms with Crippen LogP contribution in [0.3, 0.4) is 0 Å². The van der Waals surface area contributed by atoms with E-state index >= 15 is 0 Å². The molecule has 1 spiro atoms. The van der Waals surface area contributed by atoms with Gasteiger partial charge < -0.3 is 10.4 Å². The number of aryl methyl sites for hydroxylation is 1. The molecule has 1 amide bonds. The van der Waals surface area contributed by atoms with Gasteiger partial charge in [-0.3, -0.25) is 4.79 Å². The van der Waals surface area contributed by atoms with E-state index in [0.717, 1.165) is 19.3 Å². The summed E-state index contributed by atoms with van der Waals surface area (Å²) in [6.07, 6.45) is 2.80. The molecule has 122 valence electrons. The van der Waals surface area contributed by atoms with Crippen molar-refractivity contribution in [1.82, 2.24) is 5.32 Å². The van der Waals surface area contributed by atoms with Crippen molar-refractivity contribution < 1.29 is 14.7 Å². The molecule has 2 aliphatic rings. The number of amides is 1. The number of fused-ring (bicyclic) bond motifs is 2. The van der Waals surface area contributed by atoms with Gasteiger partial charge in [-0.2, -0.15) is 0 Å². The molecule has 0 heterocycles. The predicted molar refractivity (Wildman–Crippen MR) is 89.5 cm³/mol. The number of benzene rings is 2. The van der Waals surface area contributed by atoms with Crippen LogP contribution >= 0.6 is 0 Å². The van der Waals surface area contributed by atoms with Crippen LogP contribution in [0, 0.1) is 5.92 Å². The molecule has 3 unspecified atom stereocenters. The lowest BCUT2D eigenvalue weighted by Gasteiger charge is -2.17. The van der Waals surface area contributed by atoms with Crippen molar-refractivity contribution >= 4 is 11.9 Å². The highest BCUT2D eigenvalue weighted by Gasteiger charge is 2.61. The zero-order valence-electron chi connectivity index (χ0n) is 13.2. The molecule has 2 aliphatic carbocycles. The van der Waals surface area contributed by atoms with Gasteiger partial charge in [-0.05, 0) is 36.0 Å². The Labute approximate surface area is 140 Å². The van der Waals surface area contributed by atoms with E-state index in [1.54, 1.807) is 24.3 Å². The molecule has 4 heteroatoms. The summed E-state index contributed by atoms with van der Waals surface area (Å²) < 4.78 is 0. The lowest BCUT2D eigenvalue weighted by Crippen LogP contribution is -2.36. The molecule has 24 heavy (non-hydrogen) atoms. The summed E-state index contributed by atoms with van der Waals surface area (Å²) in [5, 5.41) is 12.2. The average molecular weight is 321 g/mol. The molecule has 0 bridgehead atoms. The first-order valence-corrected chi connectivity index (χ1v) is 8.28. The summed E-state index contributed by atoms with van der Waals surface area (Å²) in [4.78, 5) is 24.3. The molecule has 2 N–H and O–H groups in total. The fourth-order valence-electron chi connectivity index (χ4n) is 4.12. The largest absolute Gasteiger partial charge is 0.479 e. The number of carbonyl (C=O) groups excluding carboxylic acids is 1. The quantitative estimate of drug-likeness (QED) is 0.910. The Balaban J connectivity index is 1.53. The number of hydrogen-bond acceptors (Lipinski definition) is 2. The first-order valence-electron chi connectivity index (χ1n) is 8.28. The van der Waals surface area contributed by atoms with Crippen molar-refractivity contribution in [3.05, 3.63) is 71.3 Å². The highest BCUT2D eigenvalue weighted by atomic mass is 16.4. The Morgan fingerprint density at radius 3 is 2.54 bits per heavy atom. The first-order chi connectivity index (χ1) is 11.6. The van der Waals surface area contributed by atoms with Gasteiger partial charge in [-0.15, -0.1) is 0 Å². The molecule has 0 saturated heterocycles. The zero-order valence-corrected chi connectivity index (χ0v) is 13.2. The number of hydrogen-bond donors (Lipinski definition) is 2. The van der Waals surface area contributed by atoms with Gasteiger partial charge in [0.25, 0.3) is 0 Å². The molecule has 0 radical (unpaired) electrons. The van der Waals surface area contributed by atoms with Crippen molar-refractivity contribution in [3.63, 3.8) is 0 Å². The second-order valence-corrected chi connectivity index (χ2v) is 6.76. The van der Waals surface area contributed by atoms with E-state index in [0.29, 0.717) is 5.56 Å². The maximum Gasteiger partial charge on any atom is 0.330 e. The van der Waals surface area contributed by atoms with Crippen LogP contribution in [0.2, 0.25) is 0 Å². The minimum Gasteiger partial charge on any atom is -0.479 e. The fourth-order valence-corrected chi connectivity index (χ4v) is 4.12. The molecule has 3 atom stereocenters. The van der Waals surface area contributed by atoms with Crippen LogP contribution in [0.4, 0.5) is 0 Å². The second kappa shape index (κ2) is 5.48. The Morgan fingerprint density at radius 2 is 1.79 bits per heavy atom. The van der Waals surface area contributed by atoms with Crippen LogP contribution in [-0.4, -0.2) is 17.0 Å². The summed E-state index contributed by atoms with van der Waals surface area (Å²) in [5.41, 5.74) is 3.13. The first kappa shape index (κ1) is 14.9. The monoisotopic (exact) mass is 321 g/mol. The van der Waals surface area contributed by atoms with Gasteiger partial charge >= 0.3 is 5.97 Å². The van der Waals surface area contributed by atoms with Crippen molar-refractivity contribution in [2.45, 2.75) is 30.7 Å². The van der Waals surface area contributed by atoms with E-state index in [9.17, 15) is 14.7 Å². The molecule has 2 aromatic carbocycles. The van der Waals surface area contributed by atoms with Crippen LogP contribution in [0.15, 0.2) is 54.6 Å². The Hall–Kier alpha value is -2.62. The number of carboxylic acid groups (broad SMARTS) is 1. The van der Waals surface area contributed by atoms with Crippen LogP contribution in [-0.2, 0) is 21.4 Å². The van der Waals surface area contributed by atoms with Gasteiger partial charge in [0.05, 0.1) is 0 Å². The van der Waals surface area contributed by atoms with Crippen molar-refractivity contribution in [3.8, 4) is 0 Å². The molecule has 1 saturated carbocycles. The van der Waals surface area contributed by atoms with Gasteiger partial charge in [-0.1, -0.05) is 54.6 Å². The van der Waals surface area contributed by atoms with Gasteiger partial charge in [-0.25, -0.2) is 4.79 Å². The molecular weight excluding hydrogens is 302 g/mol. The van der Waals surface area contributed by atoms with E-state index in [1.165, 1.54) is 11.1 Å². The van der Waals surface area contributed by atoms with Crippen LogP contribution in [0.5, 0.6) is 0 Å². The topological polar surface area (TPSA) is 66.4 Å². The summed E-state index contributed by atoms with van der Waals surface area (Å²) in [6.45, 7) is 0. The maximum atomic E-state index is 12.7. The molecule has 1 fully saturated rings.